The van der Waals surface area contributed by atoms with Crippen molar-refractivity contribution in [3.8, 4) is 5.75 Å². The van der Waals surface area contributed by atoms with Gasteiger partial charge in [-0.3, -0.25) is 0 Å². The SMILES string of the molecule is COCC(C)NCC(O)COc1ccc(C)cc1Br. The number of benzene rings is 1. The zero-order chi connectivity index (χ0) is 14.3. The van der Waals surface area contributed by atoms with E-state index in [1.54, 1.807) is 7.11 Å². The highest BCUT2D eigenvalue weighted by Gasteiger charge is 2.09. The predicted octanol–water partition coefficient (Wildman–Crippen LogP) is 2.12. The van der Waals surface area contributed by atoms with E-state index in [0.29, 0.717) is 13.2 Å². The second-order valence-electron chi connectivity index (χ2n) is 4.66. The molecule has 2 N–H and O–H groups in total. The minimum Gasteiger partial charge on any atom is -0.490 e. The van der Waals surface area contributed by atoms with Crippen LogP contribution in [0.1, 0.15) is 12.5 Å². The summed E-state index contributed by atoms with van der Waals surface area (Å²) in [5, 5.41) is 13.0. The van der Waals surface area contributed by atoms with Gasteiger partial charge in [0.1, 0.15) is 18.5 Å². The molecule has 0 saturated carbocycles. The Morgan fingerprint density at radius 2 is 2.11 bits per heavy atom. The molecule has 0 spiro atoms. The number of aryl methyl sites for hydroxylation is 1. The number of halogens is 1. The molecule has 0 amide bonds. The van der Waals surface area contributed by atoms with Gasteiger partial charge in [-0.2, -0.15) is 0 Å². The molecule has 108 valence electrons. The molecule has 0 aliphatic rings. The minimum atomic E-state index is -0.549. The van der Waals surface area contributed by atoms with Crippen LogP contribution >= 0.6 is 15.9 Å². The van der Waals surface area contributed by atoms with Crippen molar-refractivity contribution in [2.75, 3.05) is 26.9 Å². The van der Waals surface area contributed by atoms with Crippen molar-refractivity contribution in [3.05, 3.63) is 28.2 Å². The van der Waals surface area contributed by atoms with Gasteiger partial charge >= 0.3 is 0 Å². The van der Waals surface area contributed by atoms with Crippen molar-refractivity contribution in [2.24, 2.45) is 0 Å². The molecule has 2 unspecified atom stereocenters. The third-order valence-electron chi connectivity index (χ3n) is 2.64. The van der Waals surface area contributed by atoms with E-state index in [-0.39, 0.29) is 12.6 Å². The molecule has 0 aliphatic heterocycles. The Labute approximate surface area is 123 Å². The van der Waals surface area contributed by atoms with Crippen LogP contribution in [0.5, 0.6) is 5.75 Å². The van der Waals surface area contributed by atoms with Gasteiger partial charge in [0.25, 0.3) is 0 Å². The van der Waals surface area contributed by atoms with Crippen LogP contribution in [-0.2, 0) is 4.74 Å². The fraction of sp³-hybridized carbons (Fsp3) is 0.571. The lowest BCUT2D eigenvalue weighted by atomic mass is 10.2. The molecule has 2 atom stereocenters. The van der Waals surface area contributed by atoms with E-state index < -0.39 is 6.10 Å². The first kappa shape index (κ1) is 16.4. The molecular formula is C14H22BrNO3. The molecule has 0 aliphatic carbocycles. The molecule has 0 fully saturated rings. The zero-order valence-corrected chi connectivity index (χ0v) is 13.2. The quantitative estimate of drug-likeness (QED) is 0.766. The van der Waals surface area contributed by atoms with E-state index in [1.165, 1.54) is 0 Å². The van der Waals surface area contributed by atoms with Gasteiger partial charge in [-0.05, 0) is 47.5 Å². The van der Waals surface area contributed by atoms with Crippen LogP contribution in [0.4, 0.5) is 0 Å². The van der Waals surface area contributed by atoms with Gasteiger partial charge in [0.2, 0.25) is 0 Å². The topological polar surface area (TPSA) is 50.7 Å². The Kier molecular flexibility index (Phi) is 7.38. The number of aliphatic hydroxyl groups excluding tert-OH is 1. The lowest BCUT2D eigenvalue weighted by molar-refractivity contribution is 0.0970. The number of nitrogens with one attached hydrogen (secondary N) is 1. The second-order valence-corrected chi connectivity index (χ2v) is 5.52. The summed E-state index contributed by atoms with van der Waals surface area (Å²) in [6.45, 7) is 5.39. The van der Waals surface area contributed by atoms with Crippen molar-refractivity contribution < 1.29 is 14.6 Å². The summed E-state index contributed by atoms with van der Waals surface area (Å²) < 4.78 is 11.5. The molecule has 0 saturated heterocycles. The highest BCUT2D eigenvalue weighted by atomic mass is 79.9. The predicted molar refractivity (Wildman–Crippen MR) is 79.7 cm³/mol. The van der Waals surface area contributed by atoms with E-state index in [4.69, 9.17) is 9.47 Å². The van der Waals surface area contributed by atoms with Gasteiger partial charge in [0.15, 0.2) is 0 Å². The van der Waals surface area contributed by atoms with Gasteiger partial charge < -0.3 is 19.9 Å². The highest BCUT2D eigenvalue weighted by molar-refractivity contribution is 9.10. The van der Waals surface area contributed by atoms with Crippen LogP contribution in [0.25, 0.3) is 0 Å². The third kappa shape index (κ3) is 6.38. The van der Waals surface area contributed by atoms with Crippen LogP contribution in [0.3, 0.4) is 0 Å². The maximum atomic E-state index is 9.83. The number of ether oxygens (including phenoxy) is 2. The fourth-order valence-electron chi connectivity index (χ4n) is 1.61. The Balaban J connectivity index is 2.31. The molecule has 1 aromatic carbocycles. The summed E-state index contributed by atoms with van der Waals surface area (Å²) >= 11 is 3.44. The van der Waals surface area contributed by atoms with Crippen molar-refractivity contribution in [1.29, 1.82) is 0 Å². The zero-order valence-electron chi connectivity index (χ0n) is 11.6. The molecule has 5 heteroatoms. The van der Waals surface area contributed by atoms with Crippen molar-refractivity contribution >= 4 is 15.9 Å². The van der Waals surface area contributed by atoms with Crippen molar-refractivity contribution in [1.82, 2.24) is 5.32 Å². The number of aliphatic hydroxyl groups is 1. The number of hydrogen-bond acceptors (Lipinski definition) is 4. The first-order chi connectivity index (χ1) is 9.02. The summed E-state index contributed by atoms with van der Waals surface area (Å²) in [6, 6.07) is 6.07. The maximum Gasteiger partial charge on any atom is 0.133 e. The average Bonchev–Trinajstić information content (AvgIpc) is 2.35. The molecule has 19 heavy (non-hydrogen) atoms. The fourth-order valence-corrected chi connectivity index (χ4v) is 2.22. The molecule has 4 nitrogen and oxygen atoms in total. The Morgan fingerprint density at radius 3 is 2.74 bits per heavy atom. The van der Waals surface area contributed by atoms with Crippen molar-refractivity contribution in [2.45, 2.75) is 26.0 Å². The van der Waals surface area contributed by atoms with Gasteiger partial charge in [0, 0.05) is 19.7 Å². The molecule has 1 rings (SSSR count). The van der Waals surface area contributed by atoms with Crippen LogP contribution in [-0.4, -0.2) is 44.1 Å². The standard InChI is InChI=1S/C14H22BrNO3/c1-10-4-5-14(13(15)6-10)19-9-12(17)7-16-11(2)8-18-3/h4-6,11-12,16-17H,7-9H2,1-3H3. The molecule has 0 bridgehead atoms. The van der Waals surface area contributed by atoms with Gasteiger partial charge in [-0.15, -0.1) is 0 Å². The Hall–Kier alpha value is -0.620. The Bertz CT molecular complexity index is 387. The molecule has 0 radical (unpaired) electrons. The summed E-state index contributed by atoms with van der Waals surface area (Å²) in [7, 11) is 1.66. The van der Waals surface area contributed by atoms with Gasteiger partial charge in [-0.1, -0.05) is 6.07 Å². The summed E-state index contributed by atoms with van der Waals surface area (Å²) in [6.07, 6.45) is -0.549. The second kappa shape index (κ2) is 8.53. The molecule has 0 aromatic heterocycles. The van der Waals surface area contributed by atoms with Crippen LogP contribution in [0.15, 0.2) is 22.7 Å². The molecule has 1 aromatic rings. The first-order valence-electron chi connectivity index (χ1n) is 6.32. The minimum absolute atomic E-state index is 0.214. The summed E-state index contributed by atoms with van der Waals surface area (Å²) in [4.78, 5) is 0. The van der Waals surface area contributed by atoms with Crippen molar-refractivity contribution in [3.63, 3.8) is 0 Å². The average molecular weight is 332 g/mol. The van der Waals surface area contributed by atoms with Crippen LogP contribution in [0.2, 0.25) is 0 Å². The Morgan fingerprint density at radius 1 is 1.37 bits per heavy atom. The van der Waals surface area contributed by atoms with Gasteiger partial charge in [0.05, 0.1) is 11.1 Å². The van der Waals surface area contributed by atoms with Gasteiger partial charge in [-0.25, -0.2) is 0 Å². The summed E-state index contributed by atoms with van der Waals surface area (Å²) in [5.41, 5.74) is 1.16. The number of rotatable bonds is 8. The lowest BCUT2D eigenvalue weighted by Gasteiger charge is -2.17. The largest absolute Gasteiger partial charge is 0.490 e. The smallest absolute Gasteiger partial charge is 0.133 e. The third-order valence-corrected chi connectivity index (χ3v) is 3.26. The van der Waals surface area contributed by atoms with E-state index in [1.807, 2.05) is 32.0 Å². The van der Waals surface area contributed by atoms with Crippen LogP contribution < -0.4 is 10.1 Å². The maximum absolute atomic E-state index is 9.83. The summed E-state index contributed by atoms with van der Waals surface area (Å²) in [5.74, 6) is 0.745. The number of hydrogen-bond donors (Lipinski definition) is 2. The molecular weight excluding hydrogens is 310 g/mol. The molecule has 0 heterocycles. The first-order valence-corrected chi connectivity index (χ1v) is 7.11. The van der Waals surface area contributed by atoms with E-state index >= 15 is 0 Å². The van der Waals surface area contributed by atoms with E-state index in [2.05, 4.69) is 21.2 Å². The number of methoxy groups -OCH3 is 1. The van der Waals surface area contributed by atoms with E-state index in [0.717, 1.165) is 15.8 Å². The normalized spacial score (nSPS) is 14.2. The highest BCUT2D eigenvalue weighted by Crippen LogP contribution is 2.25. The lowest BCUT2D eigenvalue weighted by Crippen LogP contribution is -2.38. The van der Waals surface area contributed by atoms with Crippen LogP contribution in [0, 0.1) is 6.92 Å². The van der Waals surface area contributed by atoms with E-state index in [9.17, 15) is 5.11 Å². The monoisotopic (exact) mass is 331 g/mol.